The molecule has 1 aromatic carbocycles. The number of rotatable bonds is 1. The summed E-state index contributed by atoms with van der Waals surface area (Å²) in [7, 11) is 0. The quantitative estimate of drug-likeness (QED) is 0.726. The molecule has 0 aliphatic heterocycles. The number of phenols is 1. The monoisotopic (exact) mass is 177 g/mol. The molecular formula is C9H7NOS. The summed E-state index contributed by atoms with van der Waals surface area (Å²) in [4.78, 5) is 4.11. The van der Waals surface area contributed by atoms with Crippen molar-refractivity contribution in [2.45, 2.75) is 0 Å². The normalized spacial score (nSPS) is 10.0. The Balaban J connectivity index is 2.55. The summed E-state index contributed by atoms with van der Waals surface area (Å²) in [5.74, 6) is 0.285. The number of phenolic OH excluding ortho intramolecular Hbond substituents is 1. The lowest BCUT2D eigenvalue weighted by Gasteiger charge is -1.97. The number of benzene rings is 1. The maximum atomic E-state index is 9.45. The summed E-state index contributed by atoms with van der Waals surface area (Å²) >= 11 is 1.52. The second-order valence-corrected chi connectivity index (χ2v) is 3.25. The molecule has 3 heteroatoms. The third kappa shape index (κ3) is 1.19. The number of para-hydroxylation sites is 1. The van der Waals surface area contributed by atoms with Gasteiger partial charge >= 0.3 is 0 Å². The Kier molecular flexibility index (Phi) is 1.80. The molecule has 0 atom stereocenters. The minimum Gasteiger partial charge on any atom is -0.507 e. The first-order chi connectivity index (χ1) is 5.88. The molecule has 0 amide bonds. The predicted octanol–water partition coefficient (Wildman–Crippen LogP) is 2.52. The van der Waals surface area contributed by atoms with Gasteiger partial charge in [-0.2, -0.15) is 0 Å². The highest BCUT2D eigenvalue weighted by Crippen LogP contribution is 2.29. The van der Waals surface area contributed by atoms with E-state index in [1.165, 1.54) is 11.3 Å². The zero-order valence-electron chi connectivity index (χ0n) is 6.27. The molecule has 2 nitrogen and oxygen atoms in total. The number of aromatic nitrogens is 1. The van der Waals surface area contributed by atoms with Crippen molar-refractivity contribution in [2.24, 2.45) is 0 Å². The van der Waals surface area contributed by atoms with Crippen LogP contribution in [-0.4, -0.2) is 10.1 Å². The first-order valence-electron chi connectivity index (χ1n) is 3.56. The lowest BCUT2D eigenvalue weighted by atomic mass is 10.2. The van der Waals surface area contributed by atoms with Gasteiger partial charge in [-0.05, 0) is 12.1 Å². The van der Waals surface area contributed by atoms with Crippen LogP contribution in [0.25, 0.3) is 10.6 Å². The SMILES string of the molecule is Oc1ccccc1-c1nccs1. The summed E-state index contributed by atoms with van der Waals surface area (Å²) in [6, 6.07) is 7.20. The molecule has 0 bridgehead atoms. The van der Waals surface area contributed by atoms with Crippen molar-refractivity contribution in [2.75, 3.05) is 0 Å². The smallest absolute Gasteiger partial charge is 0.126 e. The molecular weight excluding hydrogens is 170 g/mol. The molecule has 0 saturated carbocycles. The molecule has 0 spiro atoms. The topological polar surface area (TPSA) is 33.1 Å². The molecule has 0 unspecified atom stereocenters. The Morgan fingerprint density at radius 3 is 2.75 bits per heavy atom. The van der Waals surface area contributed by atoms with Gasteiger partial charge in [0.1, 0.15) is 10.8 Å². The molecule has 0 aliphatic carbocycles. The van der Waals surface area contributed by atoms with Crippen molar-refractivity contribution < 1.29 is 5.11 Å². The largest absolute Gasteiger partial charge is 0.507 e. The molecule has 1 N–H and O–H groups in total. The summed E-state index contributed by atoms with van der Waals surface area (Å²) < 4.78 is 0. The number of aromatic hydroxyl groups is 1. The molecule has 12 heavy (non-hydrogen) atoms. The number of nitrogens with zero attached hydrogens (tertiary/aromatic N) is 1. The van der Waals surface area contributed by atoms with E-state index in [1.54, 1.807) is 18.3 Å². The van der Waals surface area contributed by atoms with Gasteiger partial charge in [-0.25, -0.2) is 4.98 Å². The fourth-order valence-electron chi connectivity index (χ4n) is 1.01. The van der Waals surface area contributed by atoms with Gasteiger partial charge in [0.2, 0.25) is 0 Å². The summed E-state index contributed by atoms with van der Waals surface area (Å²) in [5.41, 5.74) is 0.799. The van der Waals surface area contributed by atoms with Crippen molar-refractivity contribution in [1.82, 2.24) is 4.98 Å². The van der Waals surface area contributed by atoms with Crippen LogP contribution in [0.2, 0.25) is 0 Å². The van der Waals surface area contributed by atoms with Crippen LogP contribution in [-0.2, 0) is 0 Å². The van der Waals surface area contributed by atoms with Gasteiger partial charge in [-0.15, -0.1) is 11.3 Å². The Hall–Kier alpha value is -1.35. The first kappa shape index (κ1) is 7.31. The van der Waals surface area contributed by atoms with Crippen LogP contribution in [0.15, 0.2) is 35.8 Å². The van der Waals surface area contributed by atoms with Gasteiger partial charge in [0.25, 0.3) is 0 Å². The first-order valence-corrected chi connectivity index (χ1v) is 4.44. The number of hydrogen-bond donors (Lipinski definition) is 1. The summed E-state index contributed by atoms with van der Waals surface area (Å²) in [6.07, 6.45) is 1.73. The van der Waals surface area contributed by atoms with Crippen LogP contribution in [0.1, 0.15) is 0 Å². The zero-order valence-corrected chi connectivity index (χ0v) is 7.08. The fourth-order valence-corrected chi connectivity index (χ4v) is 1.68. The lowest BCUT2D eigenvalue weighted by molar-refractivity contribution is 0.477. The van der Waals surface area contributed by atoms with Crippen LogP contribution in [0.4, 0.5) is 0 Å². The molecule has 0 aliphatic rings. The van der Waals surface area contributed by atoms with E-state index < -0.39 is 0 Å². The van der Waals surface area contributed by atoms with Gasteiger partial charge in [0.05, 0.1) is 5.56 Å². The fraction of sp³-hybridized carbons (Fsp3) is 0. The highest BCUT2D eigenvalue weighted by Gasteiger charge is 2.03. The Labute approximate surface area is 74.1 Å². The average Bonchev–Trinajstić information content (AvgIpc) is 2.57. The summed E-state index contributed by atoms with van der Waals surface area (Å²) in [5, 5.41) is 12.2. The van der Waals surface area contributed by atoms with E-state index in [2.05, 4.69) is 4.98 Å². The molecule has 1 heterocycles. The maximum absolute atomic E-state index is 9.45. The molecule has 60 valence electrons. The Morgan fingerprint density at radius 1 is 1.25 bits per heavy atom. The van der Waals surface area contributed by atoms with Gasteiger partial charge in [-0.3, -0.25) is 0 Å². The van der Waals surface area contributed by atoms with Crippen LogP contribution < -0.4 is 0 Å². The van der Waals surface area contributed by atoms with E-state index in [0.29, 0.717) is 0 Å². The third-order valence-electron chi connectivity index (χ3n) is 1.57. The summed E-state index contributed by atoms with van der Waals surface area (Å²) in [6.45, 7) is 0. The van der Waals surface area contributed by atoms with E-state index in [0.717, 1.165) is 10.6 Å². The van der Waals surface area contributed by atoms with E-state index in [-0.39, 0.29) is 5.75 Å². The molecule has 2 rings (SSSR count). The Morgan fingerprint density at radius 2 is 2.08 bits per heavy atom. The molecule has 1 aromatic heterocycles. The van der Waals surface area contributed by atoms with Crippen molar-refractivity contribution in [3.8, 4) is 16.3 Å². The second kappa shape index (κ2) is 2.95. The van der Waals surface area contributed by atoms with E-state index >= 15 is 0 Å². The highest BCUT2D eigenvalue weighted by molar-refractivity contribution is 7.13. The van der Waals surface area contributed by atoms with Gasteiger partial charge in [0.15, 0.2) is 0 Å². The van der Waals surface area contributed by atoms with Gasteiger partial charge in [-0.1, -0.05) is 12.1 Å². The standard InChI is InChI=1S/C9H7NOS/c11-8-4-2-1-3-7(8)9-10-5-6-12-9/h1-6,11H. The number of hydrogen-bond acceptors (Lipinski definition) is 3. The Bertz CT molecular complexity index is 370. The van der Waals surface area contributed by atoms with Crippen molar-refractivity contribution in [1.29, 1.82) is 0 Å². The zero-order chi connectivity index (χ0) is 8.39. The number of thiazole rings is 1. The van der Waals surface area contributed by atoms with E-state index in [4.69, 9.17) is 0 Å². The van der Waals surface area contributed by atoms with E-state index in [9.17, 15) is 5.11 Å². The van der Waals surface area contributed by atoms with Crippen molar-refractivity contribution in [3.63, 3.8) is 0 Å². The minimum atomic E-state index is 0.285. The third-order valence-corrected chi connectivity index (χ3v) is 2.37. The molecule has 0 fully saturated rings. The predicted molar refractivity (Wildman–Crippen MR) is 49.2 cm³/mol. The molecule has 2 aromatic rings. The average molecular weight is 177 g/mol. The molecule has 0 radical (unpaired) electrons. The molecule has 0 saturated heterocycles. The minimum absolute atomic E-state index is 0.285. The van der Waals surface area contributed by atoms with Crippen molar-refractivity contribution >= 4 is 11.3 Å². The maximum Gasteiger partial charge on any atom is 0.126 e. The van der Waals surface area contributed by atoms with Crippen LogP contribution >= 0.6 is 11.3 Å². The van der Waals surface area contributed by atoms with Crippen LogP contribution in [0.3, 0.4) is 0 Å². The van der Waals surface area contributed by atoms with Gasteiger partial charge < -0.3 is 5.11 Å². The second-order valence-electron chi connectivity index (χ2n) is 2.35. The van der Waals surface area contributed by atoms with E-state index in [1.807, 2.05) is 17.5 Å². The van der Waals surface area contributed by atoms with Crippen LogP contribution in [0, 0.1) is 0 Å². The lowest BCUT2D eigenvalue weighted by Crippen LogP contribution is -1.75. The van der Waals surface area contributed by atoms with Gasteiger partial charge in [0, 0.05) is 11.6 Å². The van der Waals surface area contributed by atoms with Crippen LogP contribution in [0.5, 0.6) is 5.75 Å². The highest BCUT2D eigenvalue weighted by atomic mass is 32.1. The van der Waals surface area contributed by atoms with Crippen molar-refractivity contribution in [3.05, 3.63) is 35.8 Å².